The first kappa shape index (κ1) is 18.2. The SMILES string of the molecule is Cc1ccc(NC(=O)CNC(=O)Cc2c(F)cccc2Cl)c(Cl)c1. The molecular formula is C17H15Cl2FN2O2. The molecular weight excluding hydrogens is 354 g/mol. The molecule has 2 rings (SSSR count). The zero-order chi connectivity index (χ0) is 17.7. The van der Waals surface area contributed by atoms with Gasteiger partial charge in [0.15, 0.2) is 0 Å². The number of hydrogen-bond acceptors (Lipinski definition) is 2. The molecule has 2 aromatic carbocycles. The molecule has 0 aliphatic carbocycles. The van der Waals surface area contributed by atoms with Crippen LogP contribution in [0.5, 0.6) is 0 Å². The van der Waals surface area contributed by atoms with Crippen LogP contribution in [0.25, 0.3) is 0 Å². The van der Waals surface area contributed by atoms with E-state index in [2.05, 4.69) is 10.6 Å². The van der Waals surface area contributed by atoms with Crippen LogP contribution in [0.4, 0.5) is 10.1 Å². The van der Waals surface area contributed by atoms with Crippen LogP contribution >= 0.6 is 23.2 Å². The van der Waals surface area contributed by atoms with Gasteiger partial charge in [0.1, 0.15) is 5.82 Å². The minimum Gasteiger partial charge on any atom is -0.347 e. The van der Waals surface area contributed by atoms with Crippen molar-refractivity contribution in [3.8, 4) is 0 Å². The topological polar surface area (TPSA) is 58.2 Å². The molecule has 24 heavy (non-hydrogen) atoms. The highest BCUT2D eigenvalue weighted by Gasteiger charge is 2.13. The second kappa shape index (κ2) is 8.13. The van der Waals surface area contributed by atoms with Crippen molar-refractivity contribution in [1.29, 1.82) is 0 Å². The molecule has 0 unspecified atom stereocenters. The van der Waals surface area contributed by atoms with Crippen LogP contribution in [-0.4, -0.2) is 18.4 Å². The van der Waals surface area contributed by atoms with Gasteiger partial charge < -0.3 is 10.6 Å². The number of nitrogens with one attached hydrogen (secondary N) is 2. The maximum absolute atomic E-state index is 13.6. The predicted octanol–water partition coefficient (Wildman–Crippen LogP) is 3.74. The number of benzene rings is 2. The van der Waals surface area contributed by atoms with E-state index in [-0.39, 0.29) is 23.6 Å². The molecule has 2 aromatic rings. The van der Waals surface area contributed by atoms with Gasteiger partial charge in [-0.15, -0.1) is 0 Å². The summed E-state index contributed by atoms with van der Waals surface area (Å²) in [6.07, 6.45) is -0.246. The highest BCUT2D eigenvalue weighted by Crippen LogP contribution is 2.22. The highest BCUT2D eigenvalue weighted by molar-refractivity contribution is 6.33. The molecule has 0 aliphatic rings. The third-order valence-corrected chi connectivity index (χ3v) is 3.91. The second-order valence-electron chi connectivity index (χ2n) is 5.19. The molecule has 2 N–H and O–H groups in total. The number of hydrogen-bond donors (Lipinski definition) is 2. The summed E-state index contributed by atoms with van der Waals surface area (Å²) in [7, 11) is 0. The molecule has 4 nitrogen and oxygen atoms in total. The van der Waals surface area contributed by atoms with Crippen LogP contribution in [0.2, 0.25) is 10.0 Å². The number of anilines is 1. The van der Waals surface area contributed by atoms with E-state index in [4.69, 9.17) is 23.2 Å². The number of halogens is 3. The quantitative estimate of drug-likeness (QED) is 0.844. The molecule has 0 saturated heterocycles. The second-order valence-corrected chi connectivity index (χ2v) is 6.00. The number of rotatable bonds is 5. The van der Waals surface area contributed by atoms with Crippen LogP contribution in [0.3, 0.4) is 0 Å². The summed E-state index contributed by atoms with van der Waals surface area (Å²) in [5, 5.41) is 5.59. The van der Waals surface area contributed by atoms with Crippen molar-refractivity contribution in [1.82, 2.24) is 5.32 Å². The third kappa shape index (κ3) is 4.94. The van der Waals surface area contributed by atoms with Crippen LogP contribution in [0, 0.1) is 12.7 Å². The molecule has 0 bridgehead atoms. The first-order chi connectivity index (χ1) is 11.4. The summed E-state index contributed by atoms with van der Waals surface area (Å²) in [4.78, 5) is 23.7. The summed E-state index contributed by atoms with van der Waals surface area (Å²) in [6.45, 7) is 1.63. The fourth-order valence-electron chi connectivity index (χ4n) is 2.02. The normalized spacial score (nSPS) is 10.3. The lowest BCUT2D eigenvalue weighted by molar-refractivity contribution is -0.123. The van der Waals surface area contributed by atoms with Crippen molar-refractivity contribution < 1.29 is 14.0 Å². The predicted molar refractivity (Wildman–Crippen MR) is 92.9 cm³/mol. The Balaban J connectivity index is 1.88. The lowest BCUT2D eigenvalue weighted by Gasteiger charge is -2.10. The van der Waals surface area contributed by atoms with Gasteiger partial charge in [-0.25, -0.2) is 4.39 Å². The average Bonchev–Trinajstić information content (AvgIpc) is 2.52. The number of aryl methyl sites for hydroxylation is 1. The Morgan fingerprint density at radius 1 is 1.08 bits per heavy atom. The lowest BCUT2D eigenvalue weighted by Crippen LogP contribution is -2.34. The summed E-state index contributed by atoms with van der Waals surface area (Å²) in [6, 6.07) is 9.38. The largest absolute Gasteiger partial charge is 0.347 e. The maximum atomic E-state index is 13.6. The van der Waals surface area contributed by atoms with Crippen molar-refractivity contribution in [2.24, 2.45) is 0 Å². The van der Waals surface area contributed by atoms with E-state index in [9.17, 15) is 14.0 Å². The van der Waals surface area contributed by atoms with Crippen molar-refractivity contribution in [2.75, 3.05) is 11.9 Å². The van der Waals surface area contributed by atoms with Crippen molar-refractivity contribution in [3.05, 3.63) is 63.4 Å². The van der Waals surface area contributed by atoms with Gasteiger partial charge in [0, 0.05) is 10.6 Å². The zero-order valence-corrected chi connectivity index (χ0v) is 14.3. The highest BCUT2D eigenvalue weighted by atomic mass is 35.5. The number of carbonyl (C=O) groups excluding carboxylic acids is 2. The van der Waals surface area contributed by atoms with Crippen molar-refractivity contribution in [3.63, 3.8) is 0 Å². The standard InChI is InChI=1S/C17H15Cl2FN2O2/c1-10-5-6-15(13(19)7-10)22-17(24)9-21-16(23)8-11-12(18)3-2-4-14(11)20/h2-7H,8-9H2,1H3,(H,21,23)(H,22,24). The van der Waals surface area contributed by atoms with E-state index >= 15 is 0 Å². The zero-order valence-electron chi connectivity index (χ0n) is 12.8. The van der Waals surface area contributed by atoms with Crippen LogP contribution in [0.15, 0.2) is 36.4 Å². The van der Waals surface area contributed by atoms with E-state index < -0.39 is 17.6 Å². The van der Waals surface area contributed by atoms with E-state index in [0.29, 0.717) is 10.7 Å². The molecule has 0 aliphatic heterocycles. The Bertz CT molecular complexity index is 761. The van der Waals surface area contributed by atoms with Crippen molar-refractivity contribution >= 4 is 40.7 Å². The first-order valence-corrected chi connectivity index (χ1v) is 7.88. The van der Waals surface area contributed by atoms with E-state index in [0.717, 1.165) is 5.56 Å². The summed E-state index contributed by atoms with van der Waals surface area (Å²) in [5.74, 6) is -1.51. The molecule has 0 spiro atoms. The molecule has 7 heteroatoms. The minimum absolute atomic E-state index is 0.0960. The van der Waals surface area contributed by atoms with Gasteiger partial charge in [-0.1, -0.05) is 35.3 Å². The first-order valence-electron chi connectivity index (χ1n) is 7.12. The van der Waals surface area contributed by atoms with Gasteiger partial charge in [-0.05, 0) is 36.8 Å². The molecule has 2 amide bonds. The molecule has 126 valence electrons. The van der Waals surface area contributed by atoms with Crippen LogP contribution < -0.4 is 10.6 Å². The Morgan fingerprint density at radius 2 is 1.83 bits per heavy atom. The Kier molecular flexibility index (Phi) is 6.17. The van der Waals surface area contributed by atoms with Crippen molar-refractivity contribution in [2.45, 2.75) is 13.3 Å². The summed E-state index contributed by atoms with van der Waals surface area (Å²) < 4.78 is 13.6. The van der Waals surface area contributed by atoms with E-state index in [1.165, 1.54) is 18.2 Å². The van der Waals surface area contributed by atoms with Crippen LogP contribution in [0.1, 0.15) is 11.1 Å². The third-order valence-electron chi connectivity index (χ3n) is 3.24. The van der Waals surface area contributed by atoms with Gasteiger partial charge in [-0.2, -0.15) is 0 Å². The molecule has 0 aromatic heterocycles. The average molecular weight is 369 g/mol. The number of carbonyl (C=O) groups is 2. The monoisotopic (exact) mass is 368 g/mol. The van der Waals surface area contributed by atoms with Gasteiger partial charge in [0.05, 0.1) is 23.7 Å². The smallest absolute Gasteiger partial charge is 0.243 e. The Hall–Kier alpha value is -2.11. The number of amides is 2. The molecule has 0 radical (unpaired) electrons. The fraction of sp³-hybridized carbons (Fsp3) is 0.176. The van der Waals surface area contributed by atoms with Gasteiger partial charge in [-0.3, -0.25) is 9.59 Å². The van der Waals surface area contributed by atoms with Gasteiger partial charge >= 0.3 is 0 Å². The van der Waals surface area contributed by atoms with E-state index in [1.807, 2.05) is 6.92 Å². The van der Waals surface area contributed by atoms with E-state index in [1.54, 1.807) is 18.2 Å². The fourth-order valence-corrected chi connectivity index (χ4v) is 2.53. The van der Waals surface area contributed by atoms with Gasteiger partial charge in [0.2, 0.25) is 11.8 Å². The molecule has 0 heterocycles. The molecule has 0 atom stereocenters. The summed E-state index contributed by atoms with van der Waals surface area (Å²) >= 11 is 11.9. The lowest BCUT2D eigenvalue weighted by atomic mass is 10.1. The minimum atomic E-state index is -0.562. The Labute approximate surface area is 149 Å². The Morgan fingerprint density at radius 3 is 2.50 bits per heavy atom. The summed E-state index contributed by atoms with van der Waals surface area (Å²) in [5.41, 5.74) is 1.52. The maximum Gasteiger partial charge on any atom is 0.243 e. The molecule has 0 saturated carbocycles. The molecule has 0 fully saturated rings. The van der Waals surface area contributed by atoms with Crippen LogP contribution in [-0.2, 0) is 16.0 Å². The van der Waals surface area contributed by atoms with Gasteiger partial charge in [0.25, 0.3) is 0 Å².